The second kappa shape index (κ2) is 5.47. The van der Waals surface area contributed by atoms with Gasteiger partial charge in [-0.3, -0.25) is 0 Å². The van der Waals surface area contributed by atoms with Crippen molar-refractivity contribution in [3.05, 3.63) is 36.4 Å². The standard InChI is InChI=1S/C13H16N2O/c1-2-14-9-10-16-13-8-7-11-5-3-4-6-12(11)15-13/h3-8,14H,2,9-10H2,1H3. The normalized spacial score (nSPS) is 10.6. The van der Waals surface area contributed by atoms with Gasteiger partial charge in [0.2, 0.25) is 5.88 Å². The van der Waals surface area contributed by atoms with Gasteiger partial charge < -0.3 is 10.1 Å². The van der Waals surface area contributed by atoms with Crippen molar-refractivity contribution >= 4 is 10.9 Å². The van der Waals surface area contributed by atoms with E-state index in [2.05, 4.69) is 17.2 Å². The maximum absolute atomic E-state index is 5.54. The topological polar surface area (TPSA) is 34.1 Å². The van der Waals surface area contributed by atoms with E-state index in [0.717, 1.165) is 24.0 Å². The fourth-order valence-corrected chi connectivity index (χ4v) is 1.53. The molecule has 0 amide bonds. The van der Waals surface area contributed by atoms with Gasteiger partial charge in [-0.05, 0) is 18.7 Å². The number of likely N-dealkylation sites (N-methyl/N-ethyl adjacent to an activating group) is 1. The van der Waals surface area contributed by atoms with Gasteiger partial charge >= 0.3 is 0 Å². The van der Waals surface area contributed by atoms with Gasteiger partial charge in [0.25, 0.3) is 0 Å². The summed E-state index contributed by atoms with van der Waals surface area (Å²) in [6.07, 6.45) is 0. The zero-order valence-electron chi connectivity index (χ0n) is 9.44. The molecule has 1 aromatic carbocycles. The Labute approximate surface area is 95.5 Å². The minimum absolute atomic E-state index is 0.652. The minimum atomic E-state index is 0.652. The molecule has 1 aromatic heterocycles. The zero-order chi connectivity index (χ0) is 11.2. The number of rotatable bonds is 5. The minimum Gasteiger partial charge on any atom is -0.476 e. The number of fused-ring (bicyclic) bond motifs is 1. The molecule has 0 bridgehead atoms. The molecule has 1 heterocycles. The number of ether oxygens (including phenoxy) is 1. The highest BCUT2D eigenvalue weighted by Crippen LogP contribution is 2.15. The van der Waals surface area contributed by atoms with Gasteiger partial charge in [-0.25, -0.2) is 4.98 Å². The van der Waals surface area contributed by atoms with Crippen LogP contribution in [0.4, 0.5) is 0 Å². The molecular weight excluding hydrogens is 200 g/mol. The number of para-hydroxylation sites is 1. The summed E-state index contributed by atoms with van der Waals surface area (Å²) in [4.78, 5) is 4.42. The molecule has 0 aliphatic rings. The number of nitrogens with zero attached hydrogens (tertiary/aromatic N) is 1. The fourth-order valence-electron chi connectivity index (χ4n) is 1.53. The molecular formula is C13H16N2O. The Balaban J connectivity index is 2.02. The first-order chi connectivity index (χ1) is 7.90. The van der Waals surface area contributed by atoms with Crippen molar-refractivity contribution < 1.29 is 4.74 Å². The van der Waals surface area contributed by atoms with E-state index in [1.165, 1.54) is 0 Å². The third-order valence-corrected chi connectivity index (χ3v) is 2.35. The van der Waals surface area contributed by atoms with Crippen molar-refractivity contribution in [1.82, 2.24) is 10.3 Å². The molecule has 2 rings (SSSR count). The second-order valence-corrected chi connectivity index (χ2v) is 3.54. The van der Waals surface area contributed by atoms with Crippen molar-refractivity contribution in [3.63, 3.8) is 0 Å². The van der Waals surface area contributed by atoms with E-state index >= 15 is 0 Å². The lowest BCUT2D eigenvalue weighted by Crippen LogP contribution is -2.20. The van der Waals surface area contributed by atoms with Crippen LogP contribution in [0.3, 0.4) is 0 Å². The third kappa shape index (κ3) is 2.70. The molecule has 3 nitrogen and oxygen atoms in total. The number of hydrogen-bond donors (Lipinski definition) is 1. The smallest absolute Gasteiger partial charge is 0.213 e. The first-order valence-corrected chi connectivity index (χ1v) is 5.59. The van der Waals surface area contributed by atoms with Crippen molar-refractivity contribution in [1.29, 1.82) is 0 Å². The third-order valence-electron chi connectivity index (χ3n) is 2.35. The van der Waals surface area contributed by atoms with Crippen LogP contribution in [0.2, 0.25) is 0 Å². The van der Waals surface area contributed by atoms with E-state index < -0.39 is 0 Å². The van der Waals surface area contributed by atoms with Gasteiger partial charge in [0.05, 0.1) is 5.52 Å². The van der Waals surface area contributed by atoms with Crippen LogP contribution in [-0.2, 0) is 0 Å². The van der Waals surface area contributed by atoms with E-state index in [9.17, 15) is 0 Å². The first-order valence-electron chi connectivity index (χ1n) is 5.59. The monoisotopic (exact) mass is 216 g/mol. The first kappa shape index (κ1) is 10.9. The lowest BCUT2D eigenvalue weighted by molar-refractivity contribution is 0.305. The molecule has 0 aliphatic heterocycles. The predicted molar refractivity (Wildman–Crippen MR) is 65.8 cm³/mol. The molecule has 3 heteroatoms. The molecule has 0 unspecified atom stereocenters. The number of hydrogen-bond acceptors (Lipinski definition) is 3. The van der Waals surface area contributed by atoms with Crippen LogP contribution in [0, 0.1) is 0 Å². The van der Waals surface area contributed by atoms with E-state index in [-0.39, 0.29) is 0 Å². The Bertz CT molecular complexity index is 456. The van der Waals surface area contributed by atoms with E-state index in [0.29, 0.717) is 12.5 Å². The lowest BCUT2D eigenvalue weighted by Gasteiger charge is -2.06. The van der Waals surface area contributed by atoms with Crippen LogP contribution in [0.25, 0.3) is 10.9 Å². The Hall–Kier alpha value is -1.61. The maximum Gasteiger partial charge on any atom is 0.213 e. The van der Waals surface area contributed by atoms with Crippen LogP contribution in [0.5, 0.6) is 5.88 Å². The summed E-state index contributed by atoms with van der Waals surface area (Å²) in [5.41, 5.74) is 0.975. The molecule has 0 aliphatic carbocycles. The van der Waals surface area contributed by atoms with Gasteiger partial charge in [-0.15, -0.1) is 0 Å². The van der Waals surface area contributed by atoms with Gasteiger partial charge in [0, 0.05) is 18.0 Å². The van der Waals surface area contributed by atoms with Crippen LogP contribution in [0.1, 0.15) is 6.92 Å². The van der Waals surface area contributed by atoms with Crippen molar-refractivity contribution in [2.24, 2.45) is 0 Å². The summed E-state index contributed by atoms with van der Waals surface area (Å²) in [6, 6.07) is 12.0. The molecule has 1 N–H and O–H groups in total. The fraction of sp³-hybridized carbons (Fsp3) is 0.308. The highest BCUT2D eigenvalue weighted by Gasteiger charge is 1.97. The van der Waals surface area contributed by atoms with Crippen molar-refractivity contribution in [3.8, 4) is 5.88 Å². The molecule has 0 fully saturated rings. The van der Waals surface area contributed by atoms with Crippen molar-refractivity contribution in [2.75, 3.05) is 19.7 Å². The highest BCUT2D eigenvalue weighted by atomic mass is 16.5. The summed E-state index contributed by atoms with van der Waals surface area (Å²) in [5, 5.41) is 4.34. The Morgan fingerprint density at radius 3 is 2.94 bits per heavy atom. The number of benzene rings is 1. The Kier molecular flexibility index (Phi) is 3.72. The average Bonchev–Trinajstić information content (AvgIpc) is 2.34. The van der Waals surface area contributed by atoms with Gasteiger partial charge in [0.1, 0.15) is 6.61 Å². The van der Waals surface area contributed by atoms with Crippen LogP contribution >= 0.6 is 0 Å². The summed E-state index contributed by atoms with van der Waals surface area (Å²) in [7, 11) is 0. The maximum atomic E-state index is 5.54. The number of nitrogens with one attached hydrogen (secondary N) is 1. The van der Waals surface area contributed by atoms with Gasteiger partial charge in [-0.1, -0.05) is 25.1 Å². The van der Waals surface area contributed by atoms with Gasteiger partial charge in [-0.2, -0.15) is 0 Å². The Morgan fingerprint density at radius 2 is 2.06 bits per heavy atom. The van der Waals surface area contributed by atoms with Crippen molar-refractivity contribution in [2.45, 2.75) is 6.92 Å². The summed E-state index contributed by atoms with van der Waals surface area (Å²) >= 11 is 0. The predicted octanol–water partition coefficient (Wildman–Crippen LogP) is 2.22. The van der Waals surface area contributed by atoms with Crippen LogP contribution < -0.4 is 10.1 Å². The van der Waals surface area contributed by atoms with E-state index in [1.54, 1.807) is 0 Å². The second-order valence-electron chi connectivity index (χ2n) is 3.54. The lowest BCUT2D eigenvalue weighted by atomic mass is 10.2. The highest BCUT2D eigenvalue weighted by molar-refractivity contribution is 5.78. The zero-order valence-corrected chi connectivity index (χ0v) is 9.44. The Morgan fingerprint density at radius 1 is 1.19 bits per heavy atom. The molecule has 2 aromatic rings. The summed E-state index contributed by atoms with van der Waals surface area (Å²) in [5.74, 6) is 0.691. The molecule has 84 valence electrons. The van der Waals surface area contributed by atoms with Crippen LogP contribution in [0.15, 0.2) is 36.4 Å². The largest absolute Gasteiger partial charge is 0.476 e. The van der Waals surface area contributed by atoms with Gasteiger partial charge in [0.15, 0.2) is 0 Å². The molecule has 0 radical (unpaired) electrons. The summed E-state index contributed by atoms with van der Waals surface area (Å²) < 4.78 is 5.54. The SMILES string of the molecule is CCNCCOc1ccc2ccccc2n1. The molecule has 0 saturated carbocycles. The number of aromatic nitrogens is 1. The molecule has 0 saturated heterocycles. The average molecular weight is 216 g/mol. The molecule has 0 atom stereocenters. The molecule has 0 spiro atoms. The summed E-state index contributed by atoms with van der Waals surface area (Å²) in [6.45, 7) is 4.55. The van der Waals surface area contributed by atoms with Crippen LogP contribution in [-0.4, -0.2) is 24.7 Å². The van der Waals surface area contributed by atoms with E-state index in [4.69, 9.17) is 4.74 Å². The van der Waals surface area contributed by atoms with E-state index in [1.807, 2.05) is 36.4 Å². The number of pyridine rings is 1. The quantitative estimate of drug-likeness (QED) is 0.778. The molecule has 16 heavy (non-hydrogen) atoms.